The fraction of sp³-hybridized carbons (Fsp3) is 0.375. The monoisotopic (exact) mass is 490 g/mol. The second-order valence-electron chi connectivity index (χ2n) is 5.17. The third kappa shape index (κ3) is 6.58. The number of hydrogen-bond acceptors (Lipinski definition) is 6. The van der Waals surface area contributed by atoms with E-state index in [4.69, 9.17) is 9.47 Å². The van der Waals surface area contributed by atoms with Gasteiger partial charge >= 0.3 is 5.69 Å². The number of benzene rings is 1. The Morgan fingerprint density at radius 1 is 1.33 bits per heavy atom. The van der Waals surface area contributed by atoms with Crippen LogP contribution < -0.4 is 20.1 Å². The van der Waals surface area contributed by atoms with Crippen molar-refractivity contribution in [2.45, 2.75) is 13.5 Å². The number of nitrogens with zero attached hydrogens (tertiary/aromatic N) is 4. The van der Waals surface area contributed by atoms with Crippen LogP contribution in [-0.4, -0.2) is 48.0 Å². The normalized spacial score (nSPS) is 10.7. The van der Waals surface area contributed by atoms with E-state index < -0.39 is 4.92 Å². The van der Waals surface area contributed by atoms with E-state index in [2.05, 4.69) is 20.7 Å². The van der Waals surface area contributed by atoms with Crippen molar-refractivity contribution in [1.29, 1.82) is 0 Å². The third-order valence-corrected chi connectivity index (χ3v) is 3.42. The number of methoxy groups -OCH3 is 2. The number of aliphatic imine (C=N–C) groups is 1. The van der Waals surface area contributed by atoms with Gasteiger partial charge < -0.3 is 20.1 Å². The summed E-state index contributed by atoms with van der Waals surface area (Å²) in [5, 5.41) is 20.9. The summed E-state index contributed by atoms with van der Waals surface area (Å²) in [7, 11) is 3.15. The molecule has 0 amide bonds. The minimum Gasteiger partial charge on any atom is -0.493 e. The Morgan fingerprint density at radius 3 is 2.67 bits per heavy atom. The molecule has 1 aromatic carbocycles. The Kier molecular flexibility index (Phi) is 9.33. The highest BCUT2D eigenvalue weighted by molar-refractivity contribution is 14.0. The molecule has 148 valence electrons. The molecular weight excluding hydrogens is 467 g/mol. The minimum absolute atomic E-state index is 0. The maximum absolute atomic E-state index is 10.7. The van der Waals surface area contributed by atoms with Crippen molar-refractivity contribution in [2.75, 3.05) is 32.6 Å². The second-order valence-corrected chi connectivity index (χ2v) is 5.17. The van der Waals surface area contributed by atoms with Gasteiger partial charge in [0.1, 0.15) is 12.4 Å². The topological polar surface area (TPSA) is 116 Å². The van der Waals surface area contributed by atoms with Crippen molar-refractivity contribution in [3.63, 3.8) is 0 Å². The molecule has 10 nitrogen and oxygen atoms in total. The number of hydrogen-bond donors (Lipinski definition) is 2. The first-order valence-corrected chi connectivity index (χ1v) is 8.01. The average Bonchev–Trinajstić information content (AvgIpc) is 3.11. The molecule has 1 heterocycles. The number of nitro groups is 1. The molecule has 0 fully saturated rings. The first kappa shape index (κ1) is 22.5. The van der Waals surface area contributed by atoms with Crippen LogP contribution in [0.5, 0.6) is 11.5 Å². The van der Waals surface area contributed by atoms with Gasteiger partial charge in [-0.05, 0) is 19.1 Å². The van der Waals surface area contributed by atoms with E-state index in [-0.39, 0.29) is 29.7 Å². The highest BCUT2D eigenvalue weighted by atomic mass is 127. The van der Waals surface area contributed by atoms with Crippen LogP contribution in [0.25, 0.3) is 0 Å². The molecule has 2 rings (SSSR count). The first-order chi connectivity index (χ1) is 12.6. The first-order valence-electron chi connectivity index (χ1n) is 8.01. The Balaban J connectivity index is 0.00000364. The number of guanidine groups is 1. The second kappa shape index (κ2) is 11.2. The number of ether oxygens (including phenoxy) is 2. The lowest BCUT2D eigenvalue weighted by atomic mass is 10.3. The largest absolute Gasteiger partial charge is 0.493 e. The standard InChI is InChI=1S/C16H22N6O4.HI/c1-4-17-16(18-7-8-21-11-13(10-19-21)22(23)24)20-12-5-6-14(25-2)15(9-12)26-3;/h5-6,9-11H,4,7-8H2,1-3H3,(H2,17,18,20);1H. The van der Waals surface area contributed by atoms with E-state index in [9.17, 15) is 10.1 Å². The van der Waals surface area contributed by atoms with Crippen LogP contribution in [0.4, 0.5) is 11.4 Å². The van der Waals surface area contributed by atoms with E-state index in [1.807, 2.05) is 19.1 Å². The Morgan fingerprint density at radius 2 is 2.07 bits per heavy atom. The van der Waals surface area contributed by atoms with Gasteiger partial charge in [-0.15, -0.1) is 24.0 Å². The summed E-state index contributed by atoms with van der Waals surface area (Å²) in [6.07, 6.45) is 2.60. The summed E-state index contributed by atoms with van der Waals surface area (Å²) < 4.78 is 12.0. The molecule has 2 aromatic rings. The Labute approximate surface area is 174 Å². The zero-order chi connectivity index (χ0) is 18.9. The zero-order valence-electron chi connectivity index (χ0n) is 15.3. The number of rotatable bonds is 8. The SMILES string of the molecule is CCNC(=NCCn1cc([N+](=O)[O-])cn1)Nc1ccc(OC)c(OC)c1.I. The number of nitrogens with one attached hydrogen (secondary N) is 2. The van der Waals surface area contributed by atoms with Crippen LogP contribution >= 0.6 is 24.0 Å². The fourth-order valence-corrected chi connectivity index (χ4v) is 2.19. The molecule has 0 radical (unpaired) electrons. The van der Waals surface area contributed by atoms with Crippen LogP contribution in [0.2, 0.25) is 0 Å². The average molecular weight is 490 g/mol. The van der Waals surface area contributed by atoms with Gasteiger partial charge in [-0.1, -0.05) is 0 Å². The molecule has 0 saturated carbocycles. The van der Waals surface area contributed by atoms with Crippen LogP contribution in [-0.2, 0) is 6.54 Å². The highest BCUT2D eigenvalue weighted by Crippen LogP contribution is 2.29. The summed E-state index contributed by atoms with van der Waals surface area (Å²) in [4.78, 5) is 14.6. The summed E-state index contributed by atoms with van der Waals surface area (Å²) in [6, 6.07) is 5.46. The maximum Gasteiger partial charge on any atom is 0.306 e. The molecule has 11 heteroatoms. The molecule has 0 atom stereocenters. The minimum atomic E-state index is -0.477. The Hall–Kier alpha value is -2.57. The van der Waals surface area contributed by atoms with Gasteiger partial charge in [-0.3, -0.25) is 19.8 Å². The van der Waals surface area contributed by atoms with Gasteiger partial charge in [0, 0.05) is 18.3 Å². The van der Waals surface area contributed by atoms with E-state index >= 15 is 0 Å². The lowest BCUT2D eigenvalue weighted by molar-refractivity contribution is -0.385. The summed E-state index contributed by atoms with van der Waals surface area (Å²) in [5.74, 6) is 1.83. The molecule has 0 aliphatic rings. The van der Waals surface area contributed by atoms with Gasteiger partial charge in [0.15, 0.2) is 17.5 Å². The smallest absolute Gasteiger partial charge is 0.306 e. The molecular formula is C16H23IN6O4. The van der Waals surface area contributed by atoms with Gasteiger partial charge in [-0.25, -0.2) is 0 Å². The van der Waals surface area contributed by atoms with Crippen molar-refractivity contribution in [3.8, 4) is 11.5 Å². The number of anilines is 1. The quantitative estimate of drug-likeness (QED) is 0.192. The van der Waals surface area contributed by atoms with Crippen LogP contribution in [0.1, 0.15) is 6.92 Å². The molecule has 0 unspecified atom stereocenters. The fourth-order valence-electron chi connectivity index (χ4n) is 2.19. The van der Waals surface area contributed by atoms with Crippen molar-refractivity contribution in [1.82, 2.24) is 15.1 Å². The Bertz CT molecular complexity index is 780. The highest BCUT2D eigenvalue weighted by Gasteiger charge is 2.09. The number of aromatic nitrogens is 2. The lowest BCUT2D eigenvalue weighted by Gasteiger charge is -2.13. The van der Waals surface area contributed by atoms with Crippen LogP contribution in [0.3, 0.4) is 0 Å². The van der Waals surface area contributed by atoms with E-state index in [0.717, 1.165) is 5.69 Å². The van der Waals surface area contributed by atoms with Crippen LogP contribution in [0, 0.1) is 10.1 Å². The van der Waals surface area contributed by atoms with Crippen molar-refractivity contribution in [3.05, 3.63) is 40.7 Å². The predicted octanol–water partition coefficient (Wildman–Crippen LogP) is 2.50. The molecule has 2 N–H and O–H groups in total. The van der Waals surface area contributed by atoms with Gasteiger partial charge in [0.05, 0.1) is 32.2 Å². The molecule has 0 aliphatic heterocycles. The van der Waals surface area contributed by atoms with Crippen molar-refractivity contribution < 1.29 is 14.4 Å². The van der Waals surface area contributed by atoms with E-state index in [0.29, 0.717) is 37.1 Å². The summed E-state index contributed by atoms with van der Waals surface area (Å²) in [6.45, 7) is 3.48. The van der Waals surface area contributed by atoms with Gasteiger partial charge in [-0.2, -0.15) is 5.10 Å². The zero-order valence-corrected chi connectivity index (χ0v) is 17.7. The summed E-state index contributed by atoms with van der Waals surface area (Å²) >= 11 is 0. The maximum atomic E-state index is 10.7. The molecule has 0 spiro atoms. The number of halogens is 1. The van der Waals surface area contributed by atoms with Crippen molar-refractivity contribution in [2.24, 2.45) is 4.99 Å². The molecule has 0 saturated heterocycles. The predicted molar refractivity (Wildman–Crippen MR) is 113 cm³/mol. The van der Waals surface area contributed by atoms with Gasteiger partial charge in [0.2, 0.25) is 0 Å². The van der Waals surface area contributed by atoms with E-state index in [1.54, 1.807) is 20.3 Å². The van der Waals surface area contributed by atoms with Gasteiger partial charge in [0.25, 0.3) is 0 Å². The van der Waals surface area contributed by atoms with Crippen LogP contribution in [0.15, 0.2) is 35.6 Å². The molecule has 0 aliphatic carbocycles. The van der Waals surface area contributed by atoms with E-state index in [1.165, 1.54) is 17.1 Å². The summed E-state index contributed by atoms with van der Waals surface area (Å²) in [5.41, 5.74) is 0.751. The lowest BCUT2D eigenvalue weighted by Crippen LogP contribution is -2.31. The molecule has 0 bridgehead atoms. The third-order valence-electron chi connectivity index (χ3n) is 3.42. The molecule has 1 aromatic heterocycles. The van der Waals surface area contributed by atoms with Crippen molar-refractivity contribution >= 4 is 41.3 Å². The molecule has 27 heavy (non-hydrogen) atoms.